The van der Waals surface area contributed by atoms with E-state index in [9.17, 15) is 9.59 Å². The molecule has 86 valence electrons. The van der Waals surface area contributed by atoms with Gasteiger partial charge in [0.15, 0.2) is 0 Å². The summed E-state index contributed by atoms with van der Waals surface area (Å²) in [6.45, 7) is 3.54. The molecule has 0 heterocycles. The van der Waals surface area contributed by atoms with Crippen molar-refractivity contribution >= 4 is 12.4 Å². The fourth-order valence-electron chi connectivity index (χ4n) is 1.58. The van der Waals surface area contributed by atoms with Crippen LogP contribution in [0.2, 0.25) is 0 Å². The quantitative estimate of drug-likeness (QED) is 0.789. The molecule has 0 atom stereocenters. The molecule has 0 aromatic heterocycles. The lowest BCUT2D eigenvalue weighted by Crippen LogP contribution is -2.33. The minimum Gasteiger partial charge on any atom is -0.443 e. The standard InChI is InChI=1S/C12H15NO3/c1-12(2,16-11(13)15)7-9-4-3-5-10(6-9)8-14/h3-6,8H,7H2,1-2H3,(H2,13,15). The van der Waals surface area contributed by atoms with Crippen molar-refractivity contribution in [1.29, 1.82) is 0 Å². The zero-order valence-corrected chi connectivity index (χ0v) is 9.40. The Bertz CT molecular complexity index is 399. The monoisotopic (exact) mass is 221 g/mol. The van der Waals surface area contributed by atoms with Gasteiger partial charge in [-0.3, -0.25) is 4.79 Å². The maximum atomic E-state index is 10.7. The first-order chi connectivity index (χ1) is 7.43. The van der Waals surface area contributed by atoms with Crippen LogP contribution >= 0.6 is 0 Å². The second-order valence-electron chi connectivity index (χ2n) is 4.22. The van der Waals surface area contributed by atoms with Crippen molar-refractivity contribution in [3.05, 3.63) is 35.4 Å². The number of aldehydes is 1. The fourth-order valence-corrected chi connectivity index (χ4v) is 1.58. The molecule has 0 fully saturated rings. The Morgan fingerprint density at radius 3 is 2.75 bits per heavy atom. The van der Waals surface area contributed by atoms with Crippen LogP contribution in [0.15, 0.2) is 24.3 Å². The van der Waals surface area contributed by atoms with Crippen LogP contribution in [0.3, 0.4) is 0 Å². The summed E-state index contributed by atoms with van der Waals surface area (Å²) in [6.07, 6.45) is 0.500. The van der Waals surface area contributed by atoms with Gasteiger partial charge in [0, 0.05) is 12.0 Å². The van der Waals surface area contributed by atoms with Gasteiger partial charge in [-0.05, 0) is 25.5 Å². The summed E-state index contributed by atoms with van der Waals surface area (Å²) in [7, 11) is 0. The van der Waals surface area contributed by atoms with Gasteiger partial charge >= 0.3 is 6.09 Å². The predicted molar refractivity (Wildman–Crippen MR) is 60.3 cm³/mol. The fraction of sp³-hybridized carbons (Fsp3) is 0.333. The number of carbonyl (C=O) groups excluding carboxylic acids is 2. The largest absolute Gasteiger partial charge is 0.443 e. The minimum atomic E-state index is -0.795. The lowest BCUT2D eigenvalue weighted by Gasteiger charge is -2.24. The van der Waals surface area contributed by atoms with Crippen LogP contribution in [0.4, 0.5) is 4.79 Å². The average Bonchev–Trinajstić information content (AvgIpc) is 2.15. The van der Waals surface area contributed by atoms with Crippen molar-refractivity contribution in [2.45, 2.75) is 25.9 Å². The van der Waals surface area contributed by atoms with Crippen molar-refractivity contribution in [3.8, 4) is 0 Å². The highest BCUT2D eigenvalue weighted by Gasteiger charge is 2.22. The van der Waals surface area contributed by atoms with E-state index in [0.29, 0.717) is 12.0 Å². The average molecular weight is 221 g/mol. The van der Waals surface area contributed by atoms with Gasteiger partial charge in [0.25, 0.3) is 0 Å². The Morgan fingerprint density at radius 1 is 1.50 bits per heavy atom. The van der Waals surface area contributed by atoms with E-state index >= 15 is 0 Å². The molecule has 1 aromatic carbocycles. The highest BCUT2D eigenvalue weighted by Crippen LogP contribution is 2.17. The van der Waals surface area contributed by atoms with Crippen molar-refractivity contribution in [2.24, 2.45) is 5.73 Å². The van der Waals surface area contributed by atoms with Gasteiger partial charge in [-0.25, -0.2) is 4.79 Å². The van der Waals surface area contributed by atoms with Crippen molar-refractivity contribution in [2.75, 3.05) is 0 Å². The molecule has 0 unspecified atom stereocenters. The van der Waals surface area contributed by atoms with E-state index in [1.165, 1.54) is 0 Å². The molecule has 2 N–H and O–H groups in total. The molecule has 16 heavy (non-hydrogen) atoms. The zero-order valence-electron chi connectivity index (χ0n) is 9.40. The molecule has 4 heteroatoms. The first-order valence-electron chi connectivity index (χ1n) is 4.95. The Balaban J connectivity index is 2.78. The molecule has 0 radical (unpaired) electrons. The maximum absolute atomic E-state index is 10.7. The number of hydrogen-bond acceptors (Lipinski definition) is 3. The van der Waals surface area contributed by atoms with Crippen LogP contribution in [-0.2, 0) is 11.2 Å². The van der Waals surface area contributed by atoms with E-state index in [-0.39, 0.29) is 0 Å². The van der Waals surface area contributed by atoms with Crippen molar-refractivity contribution in [1.82, 2.24) is 0 Å². The number of amides is 1. The van der Waals surface area contributed by atoms with Gasteiger partial charge in [0.05, 0.1) is 0 Å². The van der Waals surface area contributed by atoms with Crippen LogP contribution in [0, 0.1) is 0 Å². The number of rotatable bonds is 4. The van der Waals surface area contributed by atoms with E-state index in [1.54, 1.807) is 32.0 Å². The van der Waals surface area contributed by atoms with Crippen molar-refractivity contribution in [3.63, 3.8) is 0 Å². The van der Waals surface area contributed by atoms with Gasteiger partial charge in [0.1, 0.15) is 11.9 Å². The van der Waals surface area contributed by atoms with Gasteiger partial charge < -0.3 is 10.5 Å². The SMILES string of the molecule is CC(C)(Cc1cccc(C=O)c1)OC(N)=O. The number of nitrogens with two attached hydrogens (primary N) is 1. The van der Waals surface area contributed by atoms with Gasteiger partial charge in [-0.1, -0.05) is 18.2 Å². The molecule has 4 nitrogen and oxygen atoms in total. The van der Waals surface area contributed by atoms with Crippen molar-refractivity contribution < 1.29 is 14.3 Å². The molecule has 1 aromatic rings. The first kappa shape index (κ1) is 12.2. The highest BCUT2D eigenvalue weighted by molar-refractivity contribution is 5.74. The third-order valence-electron chi connectivity index (χ3n) is 2.09. The third-order valence-corrected chi connectivity index (χ3v) is 2.09. The smallest absolute Gasteiger partial charge is 0.405 e. The Hall–Kier alpha value is -1.84. The molecule has 1 amide bonds. The predicted octanol–water partition coefficient (Wildman–Crippen LogP) is 1.92. The molecule has 0 aliphatic rings. The Morgan fingerprint density at radius 2 is 2.19 bits per heavy atom. The molecule has 0 saturated carbocycles. The molecule has 1 rings (SSSR count). The van der Waals surface area contributed by atoms with E-state index in [4.69, 9.17) is 10.5 Å². The highest BCUT2D eigenvalue weighted by atomic mass is 16.6. The van der Waals surface area contributed by atoms with Crippen LogP contribution in [0.1, 0.15) is 29.8 Å². The Kier molecular flexibility index (Phi) is 3.66. The normalized spacial score (nSPS) is 10.9. The lowest BCUT2D eigenvalue weighted by atomic mass is 9.97. The van der Waals surface area contributed by atoms with Crippen LogP contribution < -0.4 is 5.73 Å². The number of benzene rings is 1. The van der Waals surface area contributed by atoms with E-state index in [1.807, 2.05) is 6.07 Å². The van der Waals surface area contributed by atoms with Gasteiger partial charge in [-0.15, -0.1) is 0 Å². The maximum Gasteiger partial charge on any atom is 0.405 e. The first-order valence-corrected chi connectivity index (χ1v) is 4.95. The Labute approximate surface area is 94.4 Å². The van der Waals surface area contributed by atoms with Gasteiger partial charge in [-0.2, -0.15) is 0 Å². The molecule has 0 bridgehead atoms. The number of primary amides is 1. The molecule has 0 aliphatic carbocycles. The van der Waals surface area contributed by atoms with Crippen LogP contribution in [0.25, 0.3) is 0 Å². The number of ether oxygens (including phenoxy) is 1. The third kappa shape index (κ3) is 3.73. The molecule has 0 saturated heterocycles. The summed E-state index contributed by atoms with van der Waals surface area (Å²) in [5.41, 5.74) is 5.83. The number of hydrogen-bond donors (Lipinski definition) is 1. The summed E-state index contributed by atoms with van der Waals surface area (Å²) < 4.78 is 4.97. The number of carbonyl (C=O) groups is 2. The summed E-state index contributed by atoms with van der Waals surface area (Å²) >= 11 is 0. The molecular formula is C12H15NO3. The molecule has 0 spiro atoms. The minimum absolute atomic E-state index is 0.512. The van der Waals surface area contributed by atoms with E-state index < -0.39 is 11.7 Å². The summed E-state index contributed by atoms with van der Waals surface area (Å²) in [6, 6.07) is 7.15. The van der Waals surface area contributed by atoms with E-state index in [0.717, 1.165) is 11.8 Å². The van der Waals surface area contributed by atoms with Crippen LogP contribution in [0.5, 0.6) is 0 Å². The summed E-state index contributed by atoms with van der Waals surface area (Å²) in [4.78, 5) is 21.3. The topological polar surface area (TPSA) is 69.4 Å². The lowest BCUT2D eigenvalue weighted by molar-refractivity contribution is 0.0460. The summed E-state index contributed by atoms with van der Waals surface area (Å²) in [5.74, 6) is 0. The molecular weight excluding hydrogens is 206 g/mol. The summed E-state index contributed by atoms with van der Waals surface area (Å²) in [5, 5.41) is 0. The molecule has 0 aliphatic heterocycles. The van der Waals surface area contributed by atoms with Crippen LogP contribution in [-0.4, -0.2) is 18.0 Å². The van der Waals surface area contributed by atoms with E-state index in [2.05, 4.69) is 0 Å². The second-order valence-corrected chi connectivity index (χ2v) is 4.22. The zero-order chi connectivity index (χ0) is 12.2. The second kappa shape index (κ2) is 4.79. The van der Waals surface area contributed by atoms with Gasteiger partial charge in [0.2, 0.25) is 0 Å².